The predicted molar refractivity (Wildman–Crippen MR) is 35.3 cm³/mol. The number of hydrogen-bond acceptors (Lipinski definition) is 3. The quantitative estimate of drug-likeness (QED) is 0.291. The van der Waals surface area contributed by atoms with Gasteiger partial charge in [0, 0.05) is 0 Å². The first-order valence-corrected chi connectivity index (χ1v) is 2.36. The maximum atomic E-state index is 9.32. The van der Waals surface area contributed by atoms with Crippen LogP contribution >= 0.6 is 25.3 Å². The molecule has 3 nitrogen and oxygen atoms in total. The Morgan fingerprint density at radius 1 is 1.75 bits per heavy atom. The van der Waals surface area contributed by atoms with Crippen LogP contribution < -0.4 is 0 Å². The number of nitrogens with zero attached hydrogens (tertiary/aromatic N) is 1. The van der Waals surface area contributed by atoms with Crippen molar-refractivity contribution in [2.75, 3.05) is 0 Å². The zero-order chi connectivity index (χ0) is 6.99. The van der Waals surface area contributed by atoms with Crippen LogP contribution in [0.25, 0.3) is 0 Å². The molecule has 0 aromatic carbocycles. The molecule has 0 atom stereocenters. The summed E-state index contributed by atoms with van der Waals surface area (Å²) >= 11 is 6.21. The summed E-state index contributed by atoms with van der Waals surface area (Å²) < 4.78 is 0. The van der Waals surface area contributed by atoms with E-state index in [-0.39, 0.29) is 0 Å². The molecule has 44 valence electrons. The van der Waals surface area contributed by atoms with Crippen LogP contribution in [0.2, 0.25) is 0 Å². The van der Waals surface area contributed by atoms with E-state index in [9.17, 15) is 4.79 Å². The van der Waals surface area contributed by atoms with Gasteiger partial charge in [0.25, 0.3) is 5.12 Å². The van der Waals surface area contributed by atoms with Gasteiger partial charge in [0.05, 0.1) is 0 Å². The molecule has 0 rings (SSSR count). The molecule has 0 aliphatic heterocycles. The Morgan fingerprint density at radius 2 is 1.88 bits per heavy atom. The molecule has 0 unspecified atom stereocenters. The lowest BCUT2D eigenvalue weighted by Gasteiger charge is -1.52. The monoisotopic (exact) mass is 149 g/mol. The van der Waals surface area contributed by atoms with Gasteiger partial charge in [0.15, 0.2) is 11.7 Å². The highest BCUT2D eigenvalue weighted by Gasteiger charge is 1.77. The van der Waals surface area contributed by atoms with E-state index in [1.54, 1.807) is 0 Å². The summed E-state index contributed by atoms with van der Waals surface area (Å²) in [6.07, 6.45) is 0. The number of carbonyl (C=O) groups excluding carboxylic acids is 2. The first-order valence-electron chi connectivity index (χ1n) is 1.40. The van der Waals surface area contributed by atoms with E-state index in [1.165, 1.54) is 6.07 Å². The number of carbonyl (C=O) groups is 2. The SMILES string of the molecule is N#CC(=O)S.O=CS. The van der Waals surface area contributed by atoms with E-state index in [4.69, 9.17) is 10.1 Å². The van der Waals surface area contributed by atoms with E-state index in [0.29, 0.717) is 5.62 Å². The fourth-order valence-electron chi connectivity index (χ4n) is 0. The maximum Gasteiger partial charge on any atom is 0.285 e. The molecule has 0 N–H and O–H groups in total. The van der Waals surface area contributed by atoms with E-state index >= 15 is 0 Å². The van der Waals surface area contributed by atoms with E-state index in [0.717, 1.165) is 0 Å². The van der Waals surface area contributed by atoms with Crippen molar-refractivity contribution in [3.8, 4) is 6.07 Å². The number of rotatable bonds is 0. The summed E-state index contributed by atoms with van der Waals surface area (Å²) in [5, 5.41) is 6.72. The van der Waals surface area contributed by atoms with Gasteiger partial charge in [-0.15, -0.1) is 12.6 Å². The zero-order valence-corrected chi connectivity index (χ0v) is 5.52. The minimum Gasteiger partial charge on any atom is -0.291 e. The molecule has 0 heterocycles. The number of nitriles is 1. The molecule has 0 fully saturated rings. The molecule has 5 heteroatoms. The number of hydrogen-bond donors (Lipinski definition) is 2. The topological polar surface area (TPSA) is 57.9 Å². The lowest BCUT2D eigenvalue weighted by atomic mass is 10.9. The average molecular weight is 149 g/mol. The largest absolute Gasteiger partial charge is 0.291 e. The highest BCUT2D eigenvalue weighted by atomic mass is 32.1. The minimum absolute atomic E-state index is 0.444. The van der Waals surface area contributed by atoms with Crippen molar-refractivity contribution in [3.63, 3.8) is 0 Å². The summed E-state index contributed by atoms with van der Waals surface area (Å²) in [4.78, 5) is 18.0. The zero-order valence-electron chi connectivity index (χ0n) is 3.74. The van der Waals surface area contributed by atoms with Crippen molar-refractivity contribution in [2.24, 2.45) is 0 Å². The Kier molecular flexibility index (Phi) is 12.8. The molecule has 0 aromatic rings. The van der Waals surface area contributed by atoms with Gasteiger partial charge in [-0.1, -0.05) is 12.6 Å². The molecule has 0 bridgehead atoms. The normalized spacial score (nSPS) is 5.12. The van der Waals surface area contributed by atoms with E-state index in [1.807, 2.05) is 0 Å². The van der Waals surface area contributed by atoms with Crippen LogP contribution in [0, 0.1) is 11.3 Å². The van der Waals surface area contributed by atoms with E-state index < -0.39 is 5.12 Å². The molecule has 0 aliphatic rings. The fourth-order valence-corrected chi connectivity index (χ4v) is 0. The van der Waals surface area contributed by atoms with Gasteiger partial charge < -0.3 is 0 Å². The molecule has 0 radical (unpaired) electrons. The lowest BCUT2D eigenvalue weighted by Crippen LogP contribution is -1.69. The van der Waals surface area contributed by atoms with Crippen LogP contribution in [0.1, 0.15) is 0 Å². The second kappa shape index (κ2) is 9.73. The summed E-state index contributed by atoms with van der Waals surface area (Å²) in [7, 11) is 0. The minimum atomic E-state index is -0.745. The summed E-state index contributed by atoms with van der Waals surface area (Å²) in [6.45, 7) is 0. The second-order valence-corrected chi connectivity index (χ2v) is 1.14. The maximum absolute atomic E-state index is 9.32. The van der Waals surface area contributed by atoms with Crippen LogP contribution in [-0.4, -0.2) is 10.7 Å². The van der Waals surface area contributed by atoms with Gasteiger partial charge in [0.1, 0.15) is 0 Å². The van der Waals surface area contributed by atoms with Gasteiger partial charge in [-0.3, -0.25) is 9.59 Å². The van der Waals surface area contributed by atoms with Crippen molar-refractivity contribution in [1.29, 1.82) is 5.26 Å². The first-order chi connectivity index (χ1) is 3.68. The van der Waals surface area contributed by atoms with Gasteiger partial charge in [0.2, 0.25) is 0 Å². The third kappa shape index (κ3) is 48.5. The highest BCUT2D eigenvalue weighted by Crippen LogP contribution is 1.67. The summed E-state index contributed by atoms with van der Waals surface area (Å²) in [6, 6.07) is 1.25. The molecule has 0 aliphatic carbocycles. The van der Waals surface area contributed by atoms with Gasteiger partial charge in [-0.25, -0.2) is 0 Å². The molecule has 0 saturated heterocycles. The standard InChI is InChI=1S/C2HNOS.CH2OS/c3-1-2(4)5;2-1-3/h(H,4,5);1H,(H,2,3). The Bertz CT molecular complexity index is 117. The second-order valence-electron chi connectivity index (χ2n) is 0.522. The molecule has 0 amide bonds. The van der Waals surface area contributed by atoms with Crippen molar-refractivity contribution in [3.05, 3.63) is 0 Å². The Balaban J connectivity index is 0. The molecular formula is C3H3NO2S2. The van der Waals surface area contributed by atoms with Crippen molar-refractivity contribution >= 4 is 36.0 Å². The lowest BCUT2D eigenvalue weighted by molar-refractivity contribution is -0.106. The van der Waals surface area contributed by atoms with Crippen LogP contribution in [-0.2, 0) is 9.59 Å². The Hall–Kier alpha value is -0.470. The van der Waals surface area contributed by atoms with Crippen LogP contribution in [0.5, 0.6) is 0 Å². The number of thiol groups is 2. The molecule has 0 saturated carbocycles. The molecule has 8 heavy (non-hydrogen) atoms. The Morgan fingerprint density at radius 3 is 1.88 bits per heavy atom. The molecular weight excluding hydrogens is 146 g/mol. The van der Waals surface area contributed by atoms with Crippen molar-refractivity contribution in [2.45, 2.75) is 0 Å². The van der Waals surface area contributed by atoms with Crippen molar-refractivity contribution < 1.29 is 9.59 Å². The average Bonchev–Trinajstić information content (AvgIpc) is 1.69. The summed E-state index contributed by atoms with van der Waals surface area (Å²) in [5.41, 5.74) is 0.444. The molecule has 0 spiro atoms. The third-order valence-corrected chi connectivity index (χ3v) is 0.196. The van der Waals surface area contributed by atoms with Gasteiger partial charge in [-0.2, -0.15) is 5.26 Å². The summed E-state index contributed by atoms with van der Waals surface area (Å²) in [5.74, 6) is 0. The van der Waals surface area contributed by atoms with Gasteiger partial charge in [-0.05, 0) is 0 Å². The van der Waals surface area contributed by atoms with Crippen LogP contribution in [0.3, 0.4) is 0 Å². The fraction of sp³-hybridized carbons (Fsp3) is 0. The van der Waals surface area contributed by atoms with Gasteiger partial charge >= 0.3 is 0 Å². The van der Waals surface area contributed by atoms with Crippen LogP contribution in [0.15, 0.2) is 0 Å². The first kappa shape index (κ1) is 10.5. The smallest absolute Gasteiger partial charge is 0.285 e. The van der Waals surface area contributed by atoms with Crippen LogP contribution in [0.4, 0.5) is 0 Å². The van der Waals surface area contributed by atoms with Crippen molar-refractivity contribution in [1.82, 2.24) is 0 Å². The third-order valence-electron chi connectivity index (χ3n) is 0.0956. The predicted octanol–water partition coefficient (Wildman–Crippen LogP) is 0.0728. The molecule has 0 aromatic heterocycles. The van der Waals surface area contributed by atoms with E-state index in [2.05, 4.69) is 25.3 Å². The highest BCUT2D eigenvalue weighted by molar-refractivity contribution is 7.97. The Labute approximate surface area is 57.5 Å².